The molecule has 0 atom stereocenters. The van der Waals surface area contributed by atoms with Crippen LogP contribution in [0.2, 0.25) is 5.02 Å². The Balaban J connectivity index is 1.41. The highest BCUT2D eigenvalue weighted by molar-refractivity contribution is 6.32. The van der Waals surface area contributed by atoms with Gasteiger partial charge < -0.3 is 19.5 Å². The summed E-state index contributed by atoms with van der Waals surface area (Å²) in [7, 11) is 0. The SMILES string of the molecule is CCOc1ccc(C(=O)Nc2ccc(OCc3ccccc3)cc2)cc1COc1ccccc1Cl. The van der Waals surface area contributed by atoms with Crippen LogP contribution in [0.15, 0.2) is 97.1 Å². The molecule has 6 heteroatoms. The number of amides is 1. The first-order valence-electron chi connectivity index (χ1n) is 11.3. The first-order chi connectivity index (χ1) is 17.1. The molecule has 35 heavy (non-hydrogen) atoms. The number of rotatable bonds is 10. The van der Waals surface area contributed by atoms with E-state index < -0.39 is 0 Å². The minimum Gasteiger partial charge on any atom is -0.493 e. The van der Waals surface area contributed by atoms with Gasteiger partial charge in [-0.05, 0) is 67.1 Å². The van der Waals surface area contributed by atoms with Crippen molar-refractivity contribution in [3.63, 3.8) is 0 Å². The molecule has 0 bridgehead atoms. The molecule has 4 aromatic rings. The second-order valence-electron chi connectivity index (χ2n) is 7.73. The number of carbonyl (C=O) groups is 1. The zero-order chi connectivity index (χ0) is 24.5. The lowest BCUT2D eigenvalue weighted by Crippen LogP contribution is -2.13. The van der Waals surface area contributed by atoms with E-state index in [1.165, 1.54) is 0 Å². The second-order valence-corrected chi connectivity index (χ2v) is 8.13. The van der Waals surface area contributed by atoms with E-state index in [0.717, 1.165) is 16.9 Å². The molecule has 0 aliphatic heterocycles. The number of anilines is 1. The summed E-state index contributed by atoms with van der Waals surface area (Å²) in [6.45, 7) is 3.11. The molecule has 4 aromatic carbocycles. The predicted octanol–water partition coefficient (Wildman–Crippen LogP) is 7.15. The molecule has 5 nitrogen and oxygen atoms in total. The molecule has 0 aliphatic carbocycles. The average Bonchev–Trinajstić information content (AvgIpc) is 2.89. The predicted molar refractivity (Wildman–Crippen MR) is 139 cm³/mol. The largest absolute Gasteiger partial charge is 0.493 e. The summed E-state index contributed by atoms with van der Waals surface area (Å²) >= 11 is 6.20. The molecule has 0 aliphatic rings. The minimum atomic E-state index is -0.231. The fourth-order valence-corrected chi connectivity index (χ4v) is 3.62. The molecule has 0 radical (unpaired) electrons. The van der Waals surface area contributed by atoms with Crippen LogP contribution in [0.3, 0.4) is 0 Å². The lowest BCUT2D eigenvalue weighted by molar-refractivity contribution is 0.102. The fourth-order valence-electron chi connectivity index (χ4n) is 3.43. The van der Waals surface area contributed by atoms with Gasteiger partial charge in [0.15, 0.2) is 0 Å². The summed E-state index contributed by atoms with van der Waals surface area (Å²) in [6.07, 6.45) is 0. The van der Waals surface area contributed by atoms with Crippen molar-refractivity contribution in [2.75, 3.05) is 11.9 Å². The number of ether oxygens (including phenoxy) is 3. The Labute approximate surface area is 210 Å². The Hall–Kier alpha value is -3.96. The van der Waals surface area contributed by atoms with Crippen LogP contribution in [0, 0.1) is 0 Å². The Bertz CT molecular complexity index is 1260. The molecule has 1 N–H and O–H groups in total. The molecule has 0 saturated heterocycles. The monoisotopic (exact) mass is 487 g/mol. The van der Waals surface area contributed by atoms with E-state index in [4.69, 9.17) is 25.8 Å². The van der Waals surface area contributed by atoms with Crippen molar-refractivity contribution in [2.45, 2.75) is 20.1 Å². The molecule has 1 amide bonds. The quantitative estimate of drug-likeness (QED) is 0.258. The smallest absolute Gasteiger partial charge is 0.255 e. The Morgan fingerprint density at radius 2 is 1.51 bits per heavy atom. The van der Waals surface area contributed by atoms with Crippen LogP contribution in [0.1, 0.15) is 28.4 Å². The topological polar surface area (TPSA) is 56.8 Å². The van der Waals surface area contributed by atoms with E-state index in [0.29, 0.717) is 41.0 Å². The summed E-state index contributed by atoms with van der Waals surface area (Å²) in [4.78, 5) is 12.9. The second kappa shape index (κ2) is 12.0. The summed E-state index contributed by atoms with van der Waals surface area (Å²) in [5.74, 6) is 1.73. The Morgan fingerprint density at radius 3 is 2.26 bits per heavy atom. The number of halogens is 1. The first kappa shape index (κ1) is 24.2. The van der Waals surface area contributed by atoms with Crippen LogP contribution in [0.4, 0.5) is 5.69 Å². The van der Waals surface area contributed by atoms with Crippen molar-refractivity contribution in [2.24, 2.45) is 0 Å². The van der Waals surface area contributed by atoms with Crippen molar-refractivity contribution in [1.29, 1.82) is 0 Å². The number of para-hydroxylation sites is 1. The van der Waals surface area contributed by atoms with Crippen LogP contribution in [-0.4, -0.2) is 12.5 Å². The van der Waals surface area contributed by atoms with E-state index in [9.17, 15) is 4.79 Å². The van der Waals surface area contributed by atoms with E-state index in [-0.39, 0.29) is 12.5 Å². The van der Waals surface area contributed by atoms with Gasteiger partial charge in [-0.3, -0.25) is 4.79 Å². The maximum atomic E-state index is 12.9. The minimum absolute atomic E-state index is 0.216. The lowest BCUT2D eigenvalue weighted by atomic mass is 10.1. The number of carbonyl (C=O) groups excluding carboxylic acids is 1. The Kier molecular flexibility index (Phi) is 8.25. The van der Waals surface area contributed by atoms with Gasteiger partial charge in [-0.15, -0.1) is 0 Å². The molecular weight excluding hydrogens is 462 g/mol. The molecule has 0 heterocycles. The molecule has 178 valence electrons. The summed E-state index contributed by atoms with van der Waals surface area (Å²) < 4.78 is 17.4. The number of nitrogens with one attached hydrogen (secondary N) is 1. The standard InChI is InChI=1S/C29H26ClNO4/c1-2-33-27-17-12-22(18-23(27)20-35-28-11-7-6-10-26(28)30)29(32)31-24-13-15-25(16-14-24)34-19-21-8-4-3-5-9-21/h3-18H,2,19-20H2,1H3,(H,31,32). The third-order valence-electron chi connectivity index (χ3n) is 5.20. The van der Waals surface area contributed by atoms with Crippen LogP contribution in [0.5, 0.6) is 17.2 Å². The molecule has 4 rings (SSSR count). The fraction of sp³-hybridized carbons (Fsp3) is 0.138. The van der Waals surface area contributed by atoms with Crippen molar-refractivity contribution in [3.8, 4) is 17.2 Å². The molecule has 0 spiro atoms. The van der Waals surface area contributed by atoms with Crippen molar-refractivity contribution in [3.05, 3.63) is 119 Å². The molecule has 0 fully saturated rings. The number of hydrogen-bond acceptors (Lipinski definition) is 4. The molecule has 0 saturated carbocycles. The highest BCUT2D eigenvalue weighted by atomic mass is 35.5. The van der Waals surface area contributed by atoms with Crippen LogP contribution < -0.4 is 19.5 Å². The van der Waals surface area contributed by atoms with Crippen LogP contribution in [0.25, 0.3) is 0 Å². The normalized spacial score (nSPS) is 10.5. The number of benzene rings is 4. The van der Waals surface area contributed by atoms with Crippen LogP contribution in [-0.2, 0) is 13.2 Å². The lowest BCUT2D eigenvalue weighted by Gasteiger charge is -2.14. The van der Waals surface area contributed by atoms with E-state index >= 15 is 0 Å². The Morgan fingerprint density at radius 1 is 0.771 bits per heavy atom. The van der Waals surface area contributed by atoms with E-state index in [2.05, 4.69) is 5.32 Å². The maximum Gasteiger partial charge on any atom is 0.255 e. The highest BCUT2D eigenvalue weighted by Crippen LogP contribution is 2.27. The van der Waals surface area contributed by atoms with E-state index in [1.54, 1.807) is 30.3 Å². The zero-order valence-corrected chi connectivity index (χ0v) is 20.1. The average molecular weight is 488 g/mol. The third-order valence-corrected chi connectivity index (χ3v) is 5.52. The van der Waals surface area contributed by atoms with Gasteiger partial charge in [0.25, 0.3) is 5.91 Å². The maximum absolute atomic E-state index is 12.9. The molecule has 0 unspecified atom stereocenters. The third kappa shape index (κ3) is 6.78. The highest BCUT2D eigenvalue weighted by Gasteiger charge is 2.13. The van der Waals surface area contributed by atoms with Gasteiger partial charge in [0, 0.05) is 16.8 Å². The molecular formula is C29H26ClNO4. The van der Waals surface area contributed by atoms with Gasteiger partial charge in [0.2, 0.25) is 0 Å². The number of hydrogen-bond donors (Lipinski definition) is 1. The van der Waals surface area contributed by atoms with Crippen molar-refractivity contribution >= 4 is 23.2 Å². The first-order valence-corrected chi connectivity index (χ1v) is 11.7. The van der Waals surface area contributed by atoms with Gasteiger partial charge in [-0.25, -0.2) is 0 Å². The summed E-state index contributed by atoms with van der Waals surface area (Å²) in [5.41, 5.74) is 3.01. The van der Waals surface area contributed by atoms with Crippen molar-refractivity contribution < 1.29 is 19.0 Å². The van der Waals surface area contributed by atoms with Gasteiger partial charge in [0.05, 0.1) is 11.6 Å². The van der Waals surface area contributed by atoms with Gasteiger partial charge >= 0.3 is 0 Å². The molecule has 0 aromatic heterocycles. The zero-order valence-electron chi connectivity index (χ0n) is 19.4. The van der Waals surface area contributed by atoms with Gasteiger partial charge in [-0.2, -0.15) is 0 Å². The van der Waals surface area contributed by atoms with Crippen molar-refractivity contribution in [1.82, 2.24) is 0 Å². The van der Waals surface area contributed by atoms with Gasteiger partial charge in [0.1, 0.15) is 30.5 Å². The van der Waals surface area contributed by atoms with Gasteiger partial charge in [-0.1, -0.05) is 54.1 Å². The van der Waals surface area contributed by atoms with Crippen LogP contribution >= 0.6 is 11.6 Å². The summed E-state index contributed by atoms with van der Waals surface area (Å²) in [5, 5.41) is 3.45. The summed E-state index contributed by atoms with van der Waals surface area (Å²) in [6, 6.07) is 29.8. The van der Waals surface area contributed by atoms with E-state index in [1.807, 2.05) is 73.7 Å².